The molecule has 1 fully saturated rings. The second-order valence-corrected chi connectivity index (χ2v) is 8.00. The maximum absolute atomic E-state index is 12.6. The summed E-state index contributed by atoms with van der Waals surface area (Å²) in [5.74, 6) is 0.323. The number of hydrogen-bond acceptors (Lipinski definition) is 6. The van der Waals surface area contributed by atoms with Crippen LogP contribution in [0.15, 0.2) is 21.7 Å². The van der Waals surface area contributed by atoms with Gasteiger partial charge in [0, 0.05) is 6.54 Å². The van der Waals surface area contributed by atoms with Gasteiger partial charge >= 0.3 is 0 Å². The van der Waals surface area contributed by atoms with Crippen LogP contribution in [0.4, 0.5) is 5.95 Å². The first-order chi connectivity index (χ1) is 10.5. The summed E-state index contributed by atoms with van der Waals surface area (Å²) < 4.78 is 26.7. The molecular weight excluding hydrogens is 326 g/mol. The van der Waals surface area contributed by atoms with Gasteiger partial charge in [0.25, 0.3) is 10.0 Å². The summed E-state index contributed by atoms with van der Waals surface area (Å²) in [6.45, 7) is 2.05. The van der Waals surface area contributed by atoms with E-state index in [0.717, 1.165) is 11.3 Å². The molecule has 10 heteroatoms. The van der Waals surface area contributed by atoms with E-state index in [9.17, 15) is 13.2 Å². The lowest BCUT2D eigenvalue weighted by Crippen LogP contribution is -2.43. The van der Waals surface area contributed by atoms with Crippen molar-refractivity contribution in [2.75, 3.05) is 11.9 Å². The van der Waals surface area contributed by atoms with Crippen molar-refractivity contribution in [3.63, 3.8) is 0 Å². The van der Waals surface area contributed by atoms with E-state index in [1.54, 1.807) is 24.4 Å². The van der Waals surface area contributed by atoms with Gasteiger partial charge in [-0.15, -0.1) is 16.4 Å². The number of aromatic amines is 1. The van der Waals surface area contributed by atoms with E-state index in [0.29, 0.717) is 25.2 Å². The van der Waals surface area contributed by atoms with Crippen molar-refractivity contribution in [1.29, 1.82) is 0 Å². The highest BCUT2D eigenvalue weighted by Crippen LogP contribution is 2.28. The Kier molecular flexibility index (Phi) is 3.98. The SMILES string of the molecule is Cc1nc(NC(=O)C2CCCN2S(=O)(=O)c2cccs2)n[nH]1. The smallest absolute Gasteiger partial charge is 0.253 e. The molecule has 1 aliphatic heterocycles. The highest BCUT2D eigenvalue weighted by molar-refractivity contribution is 7.91. The van der Waals surface area contributed by atoms with Crippen LogP contribution in [0.25, 0.3) is 0 Å². The molecule has 3 heterocycles. The van der Waals surface area contributed by atoms with Gasteiger partial charge in [0.15, 0.2) is 0 Å². The summed E-state index contributed by atoms with van der Waals surface area (Å²) in [5, 5.41) is 10.7. The van der Waals surface area contributed by atoms with Crippen LogP contribution in [0.2, 0.25) is 0 Å². The topological polar surface area (TPSA) is 108 Å². The van der Waals surface area contributed by atoms with Gasteiger partial charge in [-0.2, -0.15) is 9.29 Å². The Bertz CT molecular complexity index is 769. The number of hydrogen-bond donors (Lipinski definition) is 2. The van der Waals surface area contributed by atoms with Crippen LogP contribution < -0.4 is 5.32 Å². The molecule has 1 amide bonds. The van der Waals surface area contributed by atoms with Crippen LogP contribution in [0.3, 0.4) is 0 Å². The molecule has 3 rings (SSSR count). The Morgan fingerprint density at radius 1 is 1.55 bits per heavy atom. The monoisotopic (exact) mass is 341 g/mol. The van der Waals surface area contributed by atoms with E-state index in [2.05, 4.69) is 20.5 Å². The zero-order chi connectivity index (χ0) is 15.7. The predicted molar refractivity (Wildman–Crippen MR) is 81.0 cm³/mol. The number of amides is 1. The molecule has 0 aromatic carbocycles. The van der Waals surface area contributed by atoms with E-state index >= 15 is 0 Å². The number of carbonyl (C=O) groups is 1. The fraction of sp³-hybridized carbons (Fsp3) is 0.417. The predicted octanol–water partition coefficient (Wildman–Crippen LogP) is 0.966. The lowest BCUT2D eigenvalue weighted by atomic mass is 10.2. The first kappa shape index (κ1) is 15.1. The van der Waals surface area contributed by atoms with Crippen molar-refractivity contribution in [2.45, 2.75) is 30.0 Å². The lowest BCUT2D eigenvalue weighted by molar-refractivity contribution is -0.119. The first-order valence-electron chi connectivity index (χ1n) is 6.74. The van der Waals surface area contributed by atoms with E-state index in [1.165, 1.54) is 4.31 Å². The van der Waals surface area contributed by atoms with E-state index < -0.39 is 22.0 Å². The number of anilines is 1. The number of sulfonamides is 1. The van der Waals surface area contributed by atoms with Crippen LogP contribution in [0.5, 0.6) is 0 Å². The van der Waals surface area contributed by atoms with E-state index in [1.807, 2.05) is 0 Å². The van der Waals surface area contributed by atoms with E-state index in [4.69, 9.17) is 0 Å². The lowest BCUT2D eigenvalue weighted by Gasteiger charge is -2.21. The van der Waals surface area contributed by atoms with Crippen LogP contribution in [0, 0.1) is 6.92 Å². The van der Waals surface area contributed by atoms with Crippen molar-refractivity contribution < 1.29 is 13.2 Å². The van der Waals surface area contributed by atoms with Crippen molar-refractivity contribution in [3.8, 4) is 0 Å². The summed E-state index contributed by atoms with van der Waals surface area (Å²) in [6, 6.07) is 2.50. The molecule has 0 bridgehead atoms. The van der Waals surface area contributed by atoms with Crippen molar-refractivity contribution >= 4 is 33.2 Å². The molecule has 0 saturated carbocycles. The second-order valence-electron chi connectivity index (χ2n) is 4.94. The summed E-state index contributed by atoms with van der Waals surface area (Å²) in [7, 11) is -3.63. The van der Waals surface area contributed by atoms with Gasteiger partial charge in [-0.05, 0) is 31.2 Å². The third-order valence-corrected chi connectivity index (χ3v) is 6.68. The summed E-state index contributed by atoms with van der Waals surface area (Å²) in [4.78, 5) is 16.3. The summed E-state index contributed by atoms with van der Waals surface area (Å²) in [5.41, 5.74) is 0. The quantitative estimate of drug-likeness (QED) is 0.861. The van der Waals surface area contributed by atoms with Crippen LogP contribution in [0.1, 0.15) is 18.7 Å². The molecule has 0 radical (unpaired) electrons. The third-order valence-electron chi connectivity index (χ3n) is 3.40. The molecule has 1 unspecified atom stereocenters. The number of carbonyl (C=O) groups excluding carboxylic acids is 1. The van der Waals surface area contributed by atoms with Gasteiger partial charge in [0.1, 0.15) is 16.1 Å². The Morgan fingerprint density at radius 2 is 2.36 bits per heavy atom. The number of thiophene rings is 1. The summed E-state index contributed by atoms with van der Waals surface area (Å²) in [6.07, 6.45) is 1.13. The van der Waals surface area contributed by atoms with Gasteiger partial charge in [-0.25, -0.2) is 8.42 Å². The Balaban J connectivity index is 1.80. The minimum absolute atomic E-state index is 0.155. The van der Waals surface area contributed by atoms with Crippen molar-refractivity contribution in [1.82, 2.24) is 19.5 Å². The van der Waals surface area contributed by atoms with E-state index in [-0.39, 0.29) is 10.2 Å². The summed E-state index contributed by atoms with van der Waals surface area (Å²) >= 11 is 1.15. The molecule has 22 heavy (non-hydrogen) atoms. The van der Waals surface area contributed by atoms with Crippen LogP contribution >= 0.6 is 11.3 Å². The maximum Gasteiger partial charge on any atom is 0.253 e. The number of nitrogens with zero attached hydrogens (tertiary/aromatic N) is 3. The zero-order valence-corrected chi connectivity index (χ0v) is 13.4. The molecule has 0 aliphatic carbocycles. The molecular formula is C12H15N5O3S2. The molecule has 1 saturated heterocycles. The maximum atomic E-state index is 12.6. The van der Waals surface area contributed by atoms with Gasteiger partial charge in [0.05, 0.1) is 0 Å². The van der Waals surface area contributed by atoms with Gasteiger partial charge in [0.2, 0.25) is 11.9 Å². The number of rotatable bonds is 4. The Labute approximate surface area is 131 Å². The molecule has 2 aromatic rings. The number of H-pyrrole nitrogens is 1. The average Bonchev–Trinajstić information content (AvgIpc) is 3.20. The molecule has 0 spiro atoms. The van der Waals surface area contributed by atoms with Crippen LogP contribution in [-0.4, -0.2) is 46.4 Å². The largest absolute Gasteiger partial charge is 0.292 e. The van der Waals surface area contributed by atoms with Gasteiger partial charge in [-0.3, -0.25) is 15.2 Å². The van der Waals surface area contributed by atoms with Gasteiger partial charge < -0.3 is 0 Å². The van der Waals surface area contributed by atoms with Crippen molar-refractivity contribution in [2.24, 2.45) is 0 Å². The third kappa shape index (κ3) is 2.76. The molecule has 2 aromatic heterocycles. The second kappa shape index (κ2) is 5.78. The molecule has 1 atom stereocenters. The standard InChI is InChI=1S/C12H15N5O3S2/c1-8-13-12(16-15-8)14-11(18)9-4-2-6-17(9)22(19,20)10-5-3-7-21-10/h3,5,7,9H,2,4,6H2,1H3,(H2,13,14,15,16,18). The molecule has 1 aliphatic rings. The average molecular weight is 341 g/mol. The fourth-order valence-electron chi connectivity index (χ4n) is 2.41. The number of aromatic nitrogens is 3. The Hall–Kier alpha value is -1.78. The normalized spacial score (nSPS) is 19.4. The van der Waals surface area contributed by atoms with Crippen molar-refractivity contribution in [3.05, 3.63) is 23.3 Å². The molecule has 8 nitrogen and oxygen atoms in total. The first-order valence-corrected chi connectivity index (χ1v) is 9.05. The number of nitrogens with one attached hydrogen (secondary N) is 2. The molecule has 2 N–H and O–H groups in total. The highest BCUT2D eigenvalue weighted by atomic mass is 32.2. The number of aryl methyl sites for hydroxylation is 1. The Morgan fingerprint density at radius 3 is 3.00 bits per heavy atom. The zero-order valence-electron chi connectivity index (χ0n) is 11.8. The highest BCUT2D eigenvalue weighted by Gasteiger charge is 2.40. The minimum atomic E-state index is -3.63. The minimum Gasteiger partial charge on any atom is -0.292 e. The molecule has 118 valence electrons. The van der Waals surface area contributed by atoms with Crippen LogP contribution in [-0.2, 0) is 14.8 Å². The van der Waals surface area contributed by atoms with Gasteiger partial charge in [-0.1, -0.05) is 6.07 Å². The fourth-order valence-corrected chi connectivity index (χ4v) is 5.18.